The zero-order valence-corrected chi connectivity index (χ0v) is 4.01. The fraction of sp³-hybridized carbons (Fsp3) is 1.00. The normalized spacial score (nSPS) is 4.50. The Labute approximate surface area is 37.5 Å². The van der Waals surface area contributed by atoms with E-state index in [1.54, 1.807) is 0 Å². The molecule has 0 aliphatic rings. The van der Waals surface area contributed by atoms with Crippen LogP contribution in [0.1, 0.15) is 20.3 Å². The van der Waals surface area contributed by atoms with Gasteiger partial charge in [-0.2, -0.15) is 0 Å². The van der Waals surface area contributed by atoms with E-state index in [9.17, 15) is 0 Å². The Bertz CT molecular complexity index is 3.25. The molecule has 0 saturated carbocycles. The van der Waals surface area contributed by atoms with E-state index in [0.717, 1.165) is 0 Å². The first-order valence-corrected chi connectivity index (χ1v) is 1.41. The summed E-state index contributed by atoms with van der Waals surface area (Å²) < 4.78 is 0. The Balaban J connectivity index is 0. The summed E-state index contributed by atoms with van der Waals surface area (Å²) in [6, 6.07) is 0. The second-order valence-corrected chi connectivity index (χ2v) is 0.707. The average Bonchev–Trinajstić information content (AvgIpc) is 0.918. The van der Waals surface area contributed by atoms with Crippen LogP contribution in [0.5, 0.6) is 0 Å². The Morgan fingerprint density at radius 1 is 1.25 bits per heavy atom. The molecule has 0 nitrogen and oxygen atoms in total. The molecule has 0 spiro atoms. The molecular formula is C3H8Ni. The quantitative estimate of drug-likeness (QED) is 0.406. The van der Waals surface area contributed by atoms with E-state index in [1.807, 2.05) is 0 Å². The molecule has 0 heterocycles. The monoisotopic (exact) mass is 102 g/mol. The molecule has 0 aromatic heterocycles. The molecule has 0 radical (unpaired) electrons. The molecule has 0 unspecified atom stereocenters. The number of rotatable bonds is 0. The summed E-state index contributed by atoms with van der Waals surface area (Å²) in [5, 5.41) is 0. The Hall–Kier alpha value is 0.494. The van der Waals surface area contributed by atoms with Gasteiger partial charge in [0.15, 0.2) is 0 Å². The van der Waals surface area contributed by atoms with Gasteiger partial charge in [0.2, 0.25) is 0 Å². The summed E-state index contributed by atoms with van der Waals surface area (Å²) in [5.41, 5.74) is 0. The van der Waals surface area contributed by atoms with E-state index >= 15 is 0 Å². The predicted molar refractivity (Wildman–Crippen MR) is 16.0 cm³/mol. The van der Waals surface area contributed by atoms with E-state index in [4.69, 9.17) is 0 Å². The summed E-state index contributed by atoms with van der Waals surface area (Å²) in [4.78, 5) is 0. The average molecular weight is 103 g/mol. The molecule has 4 heavy (non-hydrogen) atoms. The molecule has 0 N–H and O–H groups in total. The molecule has 0 amide bonds. The first kappa shape index (κ1) is 8.82. The minimum Gasteiger partial charge on any atom is -0.0656 e. The second kappa shape index (κ2) is 9.74. The van der Waals surface area contributed by atoms with Crippen molar-refractivity contribution in [2.24, 2.45) is 0 Å². The smallest absolute Gasteiger partial charge is 0 e. The largest absolute Gasteiger partial charge is 0.0656 e. The van der Waals surface area contributed by atoms with Crippen molar-refractivity contribution in [3.8, 4) is 0 Å². The summed E-state index contributed by atoms with van der Waals surface area (Å²) in [5.74, 6) is 0. The van der Waals surface area contributed by atoms with Gasteiger partial charge >= 0.3 is 0 Å². The van der Waals surface area contributed by atoms with Crippen LogP contribution in [-0.4, -0.2) is 0 Å². The van der Waals surface area contributed by atoms with E-state index in [2.05, 4.69) is 13.8 Å². The van der Waals surface area contributed by atoms with Crippen molar-refractivity contribution in [1.29, 1.82) is 0 Å². The minimum atomic E-state index is 0. The van der Waals surface area contributed by atoms with Gasteiger partial charge in [-0.1, -0.05) is 20.3 Å². The molecule has 0 saturated heterocycles. The minimum absolute atomic E-state index is 0. The fourth-order valence-electron chi connectivity index (χ4n) is 0. The van der Waals surface area contributed by atoms with Crippen LogP contribution in [0.3, 0.4) is 0 Å². The number of hydrogen-bond acceptors (Lipinski definition) is 0. The molecule has 0 aliphatic heterocycles. The van der Waals surface area contributed by atoms with Crippen molar-refractivity contribution in [2.45, 2.75) is 20.3 Å². The Morgan fingerprint density at radius 3 is 1.25 bits per heavy atom. The van der Waals surface area contributed by atoms with Crippen LogP contribution >= 0.6 is 0 Å². The summed E-state index contributed by atoms with van der Waals surface area (Å²) in [6.45, 7) is 4.25. The van der Waals surface area contributed by atoms with E-state index in [1.165, 1.54) is 6.42 Å². The van der Waals surface area contributed by atoms with Crippen LogP contribution in [-0.2, 0) is 16.5 Å². The van der Waals surface area contributed by atoms with Crippen LogP contribution in [0.2, 0.25) is 0 Å². The van der Waals surface area contributed by atoms with Gasteiger partial charge in [0.05, 0.1) is 0 Å². The summed E-state index contributed by atoms with van der Waals surface area (Å²) in [6.07, 6.45) is 1.25. The Kier molecular flexibility index (Phi) is 21.5. The maximum absolute atomic E-state index is 2.12. The van der Waals surface area contributed by atoms with Crippen LogP contribution in [0.25, 0.3) is 0 Å². The maximum Gasteiger partial charge on any atom is 0 e. The molecule has 0 aromatic rings. The first-order valence-electron chi connectivity index (χ1n) is 1.41. The predicted octanol–water partition coefficient (Wildman–Crippen LogP) is 1.41. The van der Waals surface area contributed by atoms with Crippen LogP contribution < -0.4 is 0 Å². The fourth-order valence-corrected chi connectivity index (χ4v) is 0. The first-order chi connectivity index (χ1) is 1.41. The van der Waals surface area contributed by atoms with Crippen LogP contribution in [0.4, 0.5) is 0 Å². The Morgan fingerprint density at radius 2 is 1.25 bits per heavy atom. The van der Waals surface area contributed by atoms with Gasteiger partial charge in [0.1, 0.15) is 0 Å². The molecule has 0 aromatic carbocycles. The second-order valence-electron chi connectivity index (χ2n) is 0.707. The third-order valence-corrected chi connectivity index (χ3v) is 0. The van der Waals surface area contributed by atoms with E-state index < -0.39 is 0 Å². The SMILES string of the molecule is CCC.[Ni]. The molecule has 0 atom stereocenters. The van der Waals surface area contributed by atoms with Gasteiger partial charge in [-0.3, -0.25) is 0 Å². The number of hydrogen-bond donors (Lipinski definition) is 0. The molecule has 0 fully saturated rings. The third kappa shape index (κ3) is 22.8. The molecular weight excluding hydrogens is 94.7 g/mol. The van der Waals surface area contributed by atoms with Crippen molar-refractivity contribution in [3.63, 3.8) is 0 Å². The van der Waals surface area contributed by atoms with Crippen molar-refractivity contribution >= 4 is 0 Å². The van der Waals surface area contributed by atoms with Crippen LogP contribution in [0.15, 0.2) is 0 Å². The van der Waals surface area contributed by atoms with Gasteiger partial charge in [-0.05, 0) is 0 Å². The molecule has 0 aliphatic carbocycles. The summed E-state index contributed by atoms with van der Waals surface area (Å²) >= 11 is 0. The standard InChI is InChI=1S/C3H8.Ni/c1-3-2;/h3H2,1-2H3;. The maximum atomic E-state index is 2.12. The molecule has 30 valence electrons. The van der Waals surface area contributed by atoms with Crippen molar-refractivity contribution in [3.05, 3.63) is 0 Å². The van der Waals surface area contributed by atoms with Gasteiger partial charge < -0.3 is 0 Å². The molecule has 0 rings (SSSR count). The van der Waals surface area contributed by atoms with Gasteiger partial charge in [0.25, 0.3) is 0 Å². The van der Waals surface area contributed by atoms with Crippen molar-refractivity contribution in [2.75, 3.05) is 0 Å². The third-order valence-electron chi connectivity index (χ3n) is 0. The molecule has 1 heteroatoms. The zero-order chi connectivity index (χ0) is 2.71. The van der Waals surface area contributed by atoms with Gasteiger partial charge in [-0.15, -0.1) is 0 Å². The summed E-state index contributed by atoms with van der Waals surface area (Å²) in [7, 11) is 0. The topological polar surface area (TPSA) is 0 Å². The van der Waals surface area contributed by atoms with Gasteiger partial charge in [0, 0.05) is 16.5 Å². The van der Waals surface area contributed by atoms with E-state index in [-0.39, 0.29) is 16.5 Å². The van der Waals surface area contributed by atoms with E-state index in [0.29, 0.717) is 0 Å². The van der Waals surface area contributed by atoms with Gasteiger partial charge in [-0.25, -0.2) is 0 Å². The van der Waals surface area contributed by atoms with Crippen LogP contribution in [0, 0.1) is 0 Å². The van der Waals surface area contributed by atoms with Crippen molar-refractivity contribution < 1.29 is 16.5 Å². The zero-order valence-electron chi connectivity index (χ0n) is 3.02. The molecule has 0 bridgehead atoms. The van der Waals surface area contributed by atoms with Crippen molar-refractivity contribution in [1.82, 2.24) is 0 Å².